The summed E-state index contributed by atoms with van der Waals surface area (Å²) in [6, 6.07) is 5.78. The first kappa shape index (κ1) is 27.6. The Bertz CT molecular complexity index is 801. The van der Waals surface area contributed by atoms with Crippen molar-refractivity contribution in [3.05, 3.63) is 35.9 Å². The number of nitrogens with two attached hydrogens (primary N) is 1. The van der Waals surface area contributed by atoms with Crippen molar-refractivity contribution in [2.45, 2.75) is 57.0 Å². The lowest BCUT2D eigenvalue weighted by atomic mass is 10.1. The molecule has 0 bridgehead atoms. The van der Waals surface area contributed by atoms with Gasteiger partial charge in [-0.2, -0.15) is 0 Å². The van der Waals surface area contributed by atoms with Crippen molar-refractivity contribution in [1.29, 1.82) is 0 Å². The second kappa shape index (κ2) is 15.4. The molecule has 182 valence electrons. The minimum atomic E-state index is -1.50. The molecule has 0 spiro atoms. The van der Waals surface area contributed by atoms with Gasteiger partial charge in [0.15, 0.2) is 0 Å². The van der Waals surface area contributed by atoms with Gasteiger partial charge in [0.25, 0.3) is 0 Å². The fourth-order valence-corrected chi connectivity index (χ4v) is 3.00. The molecule has 0 aromatic heterocycles. The molecule has 1 rings (SSSR count). The maximum absolute atomic E-state index is 12.5. The van der Waals surface area contributed by atoms with E-state index in [0.29, 0.717) is 18.5 Å². The zero-order valence-electron chi connectivity index (χ0n) is 18.4. The van der Waals surface area contributed by atoms with E-state index in [1.807, 2.05) is 0 Å². The molecular weight excluding hydrogens is 432 g/mol. The summed E-state index contributed by atoms with van der Waals surface area (Å²) < 4.78 is 0. The van der Waals surface area contributed by atoms with Crippen LogP contribution in [0.5, 0.6) is 0 Å². The molecule has 0 fully saturated rings. The summed E-state index contributed by atoms with van der Waals surface area (Å²) in [5.41, 5.74) is 6.06. The number of nitrogens with one attached hydrogen (secondary N) is 3. The van der Waals surface area contributed by atoms with E-state index in [9.17, 15) is 29.1 Å². The molecule has 0 radical (unpaired) electrons. The topological polar surface area (TPSA) is 188 Å². The quantitative estimate of drug-likeness (QED) is 0.181. The van der Waals surface area contributed by atoms with Crippen LogP contribution in [0.25, 0.3) is 0 Å². The Kier molecular flexibility index (Phi) is 12.8. The molecule has 0 saturated heterocycles. The molecule has 7 N–H and O–H groups in total. The molecule has 3 amide bonds. The lowest BCUT2D eigenvalue weighted by Gasteiger charge is -2.20. The van der Waals surface area contributed by atoms with Crippen LogP contribution in [0.2, 0.25) is 0 Å². The van der Waals surface area contributed by atoms with Crippen molar-refractivity contribution in [3.63, 3.8) is 0 Å². The Hall–Kier alpha value is -3.47. The van der Waals surface area contributed by atoms with Crippen molar-refractivity contribution in [2.75, 3.05) is 13.1 Å². The van der Waals surface area contributed by atoms with Crippen LogP contribution in [0, 0.1) is 0 Å². The Morgan fingerprint density at radius 2 is 1.52 bits per heavy atom. The van der Waals surface area contributed by atoms with Crippen LogP contribution < -0.4 is 21.7 Å². The number of hydrogen-bond acceptors (Lipinski definition) is 6. The van der Waals surface area contributed by atoms with Gasteiger partial charge in [-0.1, -0.05) is 43.2 Å². The number of benzene rings is 1. The van der Waals surface area contributed by atoms with Crippen LogP contribution in [0.3, 0.4) is 0 Å². The first-order valence-corrected chi connectivity index (χ1v) is 10.8. The first-order chi connectivity index (χ1) is 15.7. The lowest BCUT2D eigenvalue weighted by molar-refractivity contribution is -0.143. The SMILES string of the molecule is NCCCCCCC(=O)NCC(=O)N[C@@H](CC(=O)O)C(=O)N[C@@H](Cc1ccccc1)C(=O)O. The number of carboxylic acid groups (broad SMARTS) is 2. The highest BCUT2D eigenvalue weighted by Crippen LogP contribution is 2.05. The number of amides is 3. The summed E-state index contributed by atoms with van der Waals surface area (Å²) in [6.07, 6.45) is 2.75. The molecular formula is C22H32N4O7. The van der Waals surface area contributed by atoms with Crippen LogP contribution in [-0.4, -0.2) is 65.0 Å². The maximum Gasteiger partial charge on any atom is 0.326 e. The Labute approximate surface area is 192 Å². The third-order valence-electron chi connectivity index (χ3n) is 4.73. The average Bonchev–Trinajstić information content (AvgIpc) is 2.77. The Balaban J connectivity index is 2.60. The molecule has 0 unspecified atom stereocenters. The highest BCUT2D eigenvalue weighted by atomic mass is 16.4. The molecule has 2 atom stereocenters. The van der Waals surface area contributed by atoms with E-state index in [0.717, 1.165) is 19.3 Å². The van der Waals surface area contributed by atoms with Gasteiger partial charge in [-0.25, -0.2) is 4.79 Å². The van der Waals surface area contributed by atoms with Crippen molar-refractivity contribution in [1.82, 2.24) is 16.0 Å². The zero-order chi connectivity index (χ0) is 24.6. The molecule has 0 aliphatic carbocycles. The molecule has 0 aliphatic heterocycles. The van der Waals surface area contributed by atoms with Gasteiger partial charge in [0, 0.05) is 12.8 Å². The van der Waals surface area contributed by atoms with Crippen LogP contribution in [0.4, 0.5) is 0 Å². The monoisotopic (exact) mass is 464 g/mol. The van der Waals surface area contributed by atoms with Crippen LogP contribution >= 0.6 is 0 Å². The molecule has 11 heteroatoms. The van der Waals surface area contributed by atoms with Crippen molar-refractivity contribution in [2.24, 2.45) is 5.73 Å². The van der Waals surface area contributed by atoms with Gasteiger partial charge in [-0.05, 0) is 24.9 Å². The smallest absolute Gasteiger partial charge is 0.326 e. The zero-order valence-corrected chi connectivity index (χ0v) is 18.4. The van der Waals surface area contributed by atoms with Crippen LogP contribution in [-0.2, 0) is 30.4 Å². The molecule has 11 nitrogen and oxygen atoms in total. The van der Waals surface area contributed by atoms with Gasteiger partial charge in [-0.15, -0.1) is 0 Å². The predicted molar refractivity (Wildman–Crippen MR) is 119 cm³/mol. The number of aliphatic carboxylic acids is 2. The van der Waals surface area contributed by atoms with Crippen molar-refractivity contribution in [3.8, 4) is 0 Å². The summed E-state index contributed by atoms with van der Waals surface area (Å²) in [7, 11) is 0. The number of hydrogen-bond donors (Lipinski definition) is 6. The second-order valence-corrected chi connectivity index (χ2v) is 7.54. The van der Waals surface area contributed by atoms with E-state index in [2.05, 4.69) is 16.0 Å². The fraction of sp³-hybridized carbons (Fsp3) is 0.500. The van der Waals surface area contributed by atoms with E-state index >= 15 is 0 Å². The minimum Gasteiger partial charge on any atom is -0.481 e. The summed E-state index contributed by atoms with van der Waals surface area (Å²) in [5, 5.41) is 25.4. The summed E-state index contributed by atoms with van der Waals surface area (Å²) >= 11 is 0. The lowest BCUT2D eigenvalue weighted by Crippen LogP contribution is -2.54. The van der Waals surface area contributed by atoms with Gasteiger partial charge in [0.2, 0.25) is 17.7 Å². The Morgan fingerprint density at radius 1 is 0.848 bits per heavy atom. The second-order valence-electron chi connectivity index (χ2n) is 7.54. The van der Waals surface area contributed by atoms with Gasteiger partial charge in [0.05, 0.1) is 13.0 Å². The predicted octanol–water partition coefficient (Wildman–Crippen LogP) is -0.217. The molecule has 33 heavy (non-hydrogen) atoms. The molecule has 0 heterocycles. The number of rotatable bonds is 16. The van der Waals surface area contributed by atoms with Crippen molar-refractivity contribution < 1.29 is 34.2 Å². The van der Waals surface area contributed by atoms with E-state index in [1.54, 1.807) is 30.3 Å². The first-order valence-electron chi connectivity index (χ1n) is 10.8. The highest BCUT2D eigenvalue weighted by molar-refractivity contribution is 5.94. The number of carboxylic acids is 2. The van der Waals surface area contributed by atoms with E-state index in [-0.39, 0.29) is 18.7 Å². The van der Waals surface area contributed by atoms with E-state index < -0.39 is 48.8 Å². The van der Waals surface area contributed by atoms with Gasteiger partial charge < -0.3 is 31.9 Å². The summed E-state index contributed by atoms with van der Waals surface area (Å²) in [5.74, 6) is -4.70. The number of carbonyl (C=O) groups excluding carboxylic acids is 3. The molecule has 1 aromatic carbocycles. The van der Waals surface area contributed by atoms with E-state index in [4.69, 9.17) is 10.8 Å². The van der Waals surface area contributed by atoms with Gasteiger partial charge >= 0.3 is 11.9 Å². The molecule has 1 aromatic rings. The van der Waals surface area contributed by atoms with Crippen LogP contribution in [0.1, 0.15) is 44.1 Å². The third-order valence-corrected chi connectivity index (χ3v) is 4.73. The largest absolute Gasteiger partial charge is 0.481 e. The van der Waals surface area contributed by atoms with E-state index in [1.165, 1.54) is 0 Å². The van der Waals surface area contributed by atoms with Crippen LogP contribution in [0.15, 0.2) is 30.3 Å². The highest BCUT2D eigenvalue weighted by Gasteiger charge is 2.28. The molecule has 0 saturated carbocycles. The van der Waals surface area contributed by atoms with Gasteiger partial charge in [-0.3, -0.25) is 19.2 Å². The minimum absolute atomic E-state index is 0.0169. The normalized spacial score (nSPS) is 12.3. The number of unbranched alkanes of at least 4 members (excludes halogenated alkanes) is 3. The third kappa shape index (κ3) is 12.2. The summed E-state index contributed by atoms with van der Waals surface area (Å²) in [4.78, 5) is 59.2. The Morgan fingerprint density at radius 3 is 2.12 bits per heavy atom. The van der Waals surface area contributed by atoms with Crippen molar-refractivity contribution >= 4 is 29.7 Å². The molecule has 0 aliphatic rings. The fourth-order valence-electron chi connectivity index (χ4n) is 3.00. The standard InChI is InChI=1S/C22H32N4O7/c23-11-7-2-1-6-10-18(27)24-14-19(28)25-16(13-20(29)30)21(31)26-17(22(32)33)12-15-8-4-3-5-9-15/h3-5,8-9,16-17H,1-2,6-7,10-14,23H2,(H,24,27)(H,25,28)(H,26,31)(H,29,30)(H,32,33)/t16-,17-/m0/s1. The average molecular weight is 465 g/mol. The number of carbonyl (C=O) groups is 5. The maximum atomic E-state index is 12.5. The van der Waals surface area contributed by atoms with Gasteiger partial charge in [0.1, 0.15) is 12.1 Å². The summed E-state index contributed by atoms with van der Waals surface area (Å²) in [6.45, 7) is 0.161.